The van der Waals surface area contributed by atoms with Crippen LogP contribution < -0.4 is 10.6 Å². The Kier molecular flexibility index (Phi) is 11.3. The number of aromatic nitrogens is 1. The zero-order chi connectivity index (χ0) is 25.8. The third-order valence-corrected chi connectivity index (χ3v) is 6.51. The van der Waals surface area contributed by atoms with E-state index in [0.717, 1.165) is 44.8 Å². The van der Waals surface area contributed by atoms with Gasteiger partial charge in [-0.05, 0) is 32.0 Å². The van der Waals surface area contributed by atoms with Crippen LogP contribution in [0.15, 0.2) is 29.6 Å². The number of methoxy groups -OCH3 is 1. The molecule has 11 heteroatoms. The SMILES string of the molecule is COCCN(CC(=O)Nc1nc(CC(=O)NCCCN2CCOCC2)cs1)C(=O)c1ccc(C)cc1. The molecule has 1 aliphatic rings. The molecule has 0 radical (unpaired) electrons. The van der Waals surface area contributed by atoms with E-state index in [-0.39, 0.29) is 37.2 Å². The Labute approximate surface area is 216 Å². The fourth-order valence-corrected chi connectivity index (χ4v) is 4.42. The number of benzene rings is 1. The second-order valence-corrected chi connectivity index (χ2v) is 9.47. The highest BCUT2D eigenvalue weighted by atomic mass is 32.1. The average molecular weight is 518 g/mol. The smallest absolute Gasteiger partial charge is 0.254 e. The molecule has 36 heavy (non-hydrogen) atoms. The monoisotopic (exact) mass is 517 g/mol. The predicted octanol–water partition coefficient (Wildman–Crippen LogP) is 1.56. The van der Waals surface area contributed by atoms with E-state index in [4.69, 9.17) is 9.47 Å². The molecule has 1 aromatic heterocycles. The van der Waals surface area contributed by atoms with Crippen LogP contribution in [0.3, 0.4) is 0 Å². The molecular formula is C25H35N5O5S. The zero-order valence-corrected chi connectivity index (χ0v) is 21.8. The van der Waals surface area contributed by atoms with E-state index >= 15 is 0 Å². The number of morpholine rings is 1. The van der Waals surface area contributed by atoms with Crippen LogP contribution in [0.5, 0.6) is 0 Å². The summed E-state index contributed by atoms with van der Waals surface area (Å²) in [4.78, 5) is 45.9. The van der Waals surface area contributed by atoms with Gasteiger partial charge >= 0.3 is 0 Å². The van der Waals surface area contributed by atoms with Gasteiger partial charge in [0.2, 0.25) is 11.8 Å². The molecule has 0 saturated carbocycles. The summed E-state index contributed by atoms with van der Waals surface area (Å²) >= 11 is 1.25. The minimum absolute atomic E-state index is 0.102. The van der Waals surface area contributed by atoms with E-state index < -0.39 is 0 Å². The van der Waals surface area contributed by atoms with Gasteiger partial charge in [0, 0.05) is 44.2 Å². The molecule has 0 atom stereocenters. The minimum Gasteiger partial charge on any atom is -0.383 e. The highest BCUT2D eigenvalue weighted by molar-refractivity contribution is 7.13. The van der Waals surface area contributed by atoms with Crippen molar-refractivity contribution < 1.29 is 23.9 Å². The number of rotatable bonds is 13. The van der Waals surface area contributed by atoms with E-state index in [1.165, 1.54) is 16.2 Å². The largest absolute Gasteiger partial charge is 0.383 e. The van der Waals surface area contributed by atoms with Crippen molar-refractivity contribution in [1.29, 1.82) is 0 Å². The lowest BCUT2D eigenvalue weighted by Gasteiger charge is -2.26. The number of amides is 3. The minimum atomic E-state index is -0.361. The molecular weight excluding hydrogens is 482 g/mol. The number of nitrogens with one attached hydrogen (secondary N) is 2. The van der Waals surface area contributed by atoms with Crippen LogP contribution in [-0.2, 0) is 25.5 Å². The molecule has 0 spiro atoms. The maximum absolute atomic E-state index is 12.9. The zero-order valence-electron chi connectivity index (χ0n) is 21.0. The number of nitrogens with zero attached hydrogens (tertiary/aromatic N) is 3. The van der Waals surface area contributed by atoms with E-state index in [0.29, 0.717) is 29.5 Å². The summed E-state index contributed by atoms with van der Waals surface area (Å²) in [5, 5.41) is 7.80. The third-order valence-electron chi connectivity index (χ3n) is 5.70. The van der Waals surface area contributed by atoms with Crippen molar-refractivity contribution >= 4 is 34.2 Å². The number of ether oxygens (including phenoxy) is 2. The lowest BCUT2D eigenvalue weighted by atomic mass is 10.1. The highest BCUT2D eigenvalue weighted by Crippen LogP contribution is 2.16. The number of hydrogen-bond donors (Lipinski definition) is 2. The average Bonchev–Trinajstić information content (AvgIpc) is 3.31. The topological polar surface area (TPSA) is 113 Å². The normalized spacial score (nSPS) is 13.8. The molecule has 3 rings (SSSR count). The Balaban J connectivity index is 1.43. The van der Waals surface area contributed by atoms with Gasteiger partial charge in [0.25, 0.3) is 5.91 Å². The van der Waals surface area contributed by atoms with Crippen LogP contribution in [-0.4, -0.2) is 98.7 Å². The summed E-state index contributed by atoms with van der Waals surface area (Å²) in [5.41, 5.74) is 2.15. The first-order chi connectivity index (χ1) is 17.4. The van der Waals surface area contributed by atoms with Crippen molar-refractivity contribution in [3.63, 3.8) is 0 Å². The van der Waals surface area contributed by atoms with Crippen molar-refractivity contribution in [2.24, 2.45) is 0 Å². The maximum Gasteiger partial charge on any atom is 0.254 e. The van der Waals surface area contributed by atoms with Crippen LogP contribution in [0.25, 0.3) is 0 Å². The summed E-state index contributed by atoms with van der Waals surface area (Å²) in [5.74, 6) is -0.707. The predicted molar refractivity (Wildman–Crippen MR) is 138 cm³/mol. The van der Waals surface area contributed by atoms with Gasteiger partial charge in [-0.1, -0.05) is 17.7 Å². The van der Waals surface area contributed by atoms with Crippen molar-refractivity contribution in [1.82, 2.24) is 20.1 Å². The molecule has 196 valence electrons. The number of hydrogen-bond acceptors (Lipinski definition) is 8. The summed E-state index contributed by atoms with van der Waals surface area (Å²) in [6.07, 6.45) is 1.03. The fraction of sp³-hybridized carbons (Fsp3) is 0.520. The van der Waals surface area contributed by atoms with Gasteiger partial charge in [-0.3, -0.25) is 19.3 Å². The second-order valence-electron chi connectivity index (χ2n) is 8.61. The molecule has 3 amide bonds. The maximum atomic E-state index is 12.9. The Morgan fingerprint density at radius 3 is 2.64 bits per heavy atom. The van der Waals surface area contributed by atoms with Crippen LogP contribution in [0.2, 0.25) is 0 Å². The van der Waals surface area contributed by atoms with Gasteiger partial charge in [-0.2, -0.15) is 0 Å². The Morgan fingerprint density at radius 1 is 1.17 bits per heavy atom. The van der Waals surface area contributed by atoms with Crippen LogP contribution in [0.1, 0.15) is 28.0 Å². The van der Waals surface area contributed by atoms with Gasteiger partial charge in [-0.25, -0.2) is 4.98 Å². The number of carbonyl (C=O) groups excluding carboxylic acids is 3. The van der Waals surface area contributed by atoms with Gasteiger partial charge < -0.3 is 25.0 Å². The number of anilines is 1. The van der Waals surface area contributed by atoms with E-state index in [9.17, 15) is 14.4 Å². The van der Waals surface area contributed by atoms with E-state index in [1.807, 2.05) is 19.1 Å². The molecule has 2 N–H and O–H groups in total. The third kappa shape index (κ3) is 9.30. The molecule has 1 fully saturated rings. The van der Waals surface area contributed by atoms with E-state index in [1.54, 1.807) is 24.6 Å². The summed E-state index contributed by atoms with van der Waals surface area (Å²) in [7, 11) is 1.55. The molecule has 1 saturated heterocycles. The lowest BCUT2D eigenvalue weighted by Crippen LogP contribution is -2.40. The first kappa shape index (κ1) is 27.7. The highest BCUT2D eigenvalue weighted by Gasteiger charge is 2.20. The molecule has 10 nitrogen and oxygen atoms in total. The van der Waals surface area contributed by atoms with Crippen molar-refractivity contribution in [2.75, 3.05) is 71.5 Å². The summed E-state index contributed by atoms with van der Waals surface area (Å²) < 4.78 is 10.4. The van der Waals surface area contributed by atoms with Crippen molar-refractivity contribution in [3.8, 4) is 0 Å². The van der Waals surface area contributed by atoms with Crippen molar-refractivity contribution in [3.05, 3.63) is 46.5 Å². The van der Waals surface area contributed by atoms with E-state index in [2.05, 4.69) is 20.5 Å². The molecule has 1 aromatic carbocycles. The second kappa shape index (κ2) is 14.6. The summed E-state index contributed by atoms with van der Waals surface area (Å²) in [6.45, 7) is 7.36. The van der Waals surface area contributed by atoms with Gasteiger partial charge in [0.05, 0.1) is 31.9 Å². The number of aryl methyl sites for hydroxylation is 1. The fourth-order valence-electron chi connectivity index (χ4n) is 3.69. The first-order valence-electron chi connectivity index (χ1n) is 12.1. The van der Waals surface area contributed by atoms with Gasteiger partial charge in [0.15, 0.2) is 5.13 Å². The van der Waals surface area contributed by atoms with Gasteiger partial charge in [0.1, 0.15) is 6.54 Å². The Hall–Kier alpha value is -2.86. The molecule has 2 aromatic rings. The summed E-state index contributed by atoms with van der Waals surface area (Å²) in [6, 6.07) is 7.21. The van der Waals surface area contributed by atoms with Crippen LogP contribution in [0, 0.1) is 6.92 Å². The molecule has 0 bridgehead atoms. The molecule has 2 heterocycles. The number of thiazole rings is 1. The molecule has 1 aliphatic heterocycles. The Bertz CT molecular complexity index is 991. The quantitative estimate of drug-likeness (QED) is 0.388. The van der Waals surface area contributed by atoms with Crippen molar-refractivity contribution in [2.45, 2.75) is 19.8 Å². The van der Waals surface area contributed by atoms with Gasteiger partial charge in [-0.15, -0.1) is 11.3 Å². The number of carbonyl (C=O) groups is 3. The first-order valence-corrected chi connectivity index (χ1v) is 13.0. The Morgan fingerprint density at radius 2 is 1.92 bits per heavy atom. The van der Waals surface area contributed by atoms with Crippen LogP contribution >= 0.6 is 11.3 Å². The lowest BCUT2D eigenvalue weighted by molar-refractivity contribution is -0.120. The molecule has 0 aliphatic carbocycles. The standard InChI is InChI=1S/C25H35N5O5S/c1-19-4-6-20(7-5-19)24(33)30(12-13-34-2)17-23(32)28-25-27-21(18-36-25)16-22(31)26-8-3-9-29-10-14-35-15-11-29/h4-7,18H,3,8-17H2,1-2H3,(H,26,31)(H,27,28,32). The van der Waals surface area contributed by atoms with Crippen LogP contribution in [0.4, 0.5) is 5.13 Å². The molecule has 0 unspecified atom stereocenters.